The number of carbonyl (C=O) groups is 3. The summed E-state index contributed by atoms with van der Waals surface area (Å²) in [5, 5.41) is 31.0. The molecule has 0 aromatic carbocycles. The van der Waals surface area contributed by atoms with Crippen molar-refractivity contribution in [2.45, 2.75) is 18.9 Å². The van der Waals surface area contributed by atoms with Gasteiger partial charge in [-0.2, -0.15) is 0 Å². The average molecular weight is 261 g/mol. The van der Waals surface area contributed by atoms with Crippen molar-refractivity contribution < 1.29 is 87.6 Å². The van der Waals surface area contributed by atoms with Crippen LogP contribution in [0.25, 0.3) is 0 Å². The van der Waals surface area contributed by atoms with Crippen molar-refractivity contribution in [1.29, 1.82) is 0 Å². The molecule has 1 aliphatic heterocycles. The number of hydrogen-bond acceptors (Lipinski definition) is 3. The molecule has 9 heteroatoms. The fraction of sp³-hybridized carbons (Fsp3) is 0.571. The van der Waals surface area contributed by atoms with Crippen LogP contribution in [0.3, 0.4) is 0 Å². The van der Waals surface area contributed by atoms with Crippen molar-refractivity contribution in [3.05, 3.63) is 0 Å². The van der Waals surface area contributed by atoms with Crippen LogP contribution in [0.15, 0.2) is 0 Å². The van der Waals surface area contributed by atoms with E-state index < -0.39 is 24.3 Å². The van der Waals surface area contributed by atoms with E-state index in [1.807, 2.05) is 0 Å². The van der Waals surface area contributed by atoms with E-state index in [0.717, 1.165) is 4.90 Å². The number of likely N-dealkylation sites (tertiary alicyclic amines) is 1. The van der Waals surface area contributed by atoms with Gasteiger partial charge in [0.25, 0.3) is 0 Å². The van der Waals surface area contributed by atoms with Gasteiger partial charge in [0.2, 0.25) is 0 Å². The Labute approximate surface area is 135 Å². The van der Waals surface area contributed by atoms with E-state index in [2.05, 4.69) is 0 Å². The topological polar surface area (TPSA) is 135 Å². The van der Waals surface area contributed by atoms with Crippen molar-refractivity contribution in [2.24, 2.45) is 0 Å². The third-order valence-electron chi connectivity index (χ3n) is 1.78. The van der Waals surface area contributed by atoms with E-state index in [1.54, 1.807) is 0 Å². The summed E-state index contributed by atoms with van der Waals surface area (Å²) in [5.74, 6) is -1.05. The van der Waals surface area contributed by atoms with Crippen LogP contribution in [-0.4, -0.2) is 56.1 Å². The van der Waals surface area contributed by atoms with E-state index in [9.17, 15) is 9.59 Å². The molecular formula is C7H12KNO7. The molecular weight excluding hydrogens is 249 g/mol. The Morgan fingerprint density at radius 3 is 1.81 bits per heavy atom. The summed E-state index contributed by atoms with van der Waals surface area (Å²) in [7, 11) is 0. The molecule has 16 heavy (non-hydrogen) atoms. The van der Waals surface area contributed by atoms with Gasteiger partial charge in [0.05, 0.1) is 0 Å². The molecule has 1 rings (SSSR count). The largest absolute Gasteiger partial charge is 1.00 e. The zero-order chi connectivity index (χ0) is 12.0. The number of hydrogen-bond donors (Lipinski definition) is 4. The van der Waals surface area contributed by atoms with Crippen LogP contribution >= 0.6 is 0 Å². The van der Waals surface area contributed by atoms with Crippen LogP contribution < -0.4 is 51.4 Å². The summed E-state index contributed by atoms with van der Waals surface area (Å²) in [6.07, 6.45) is -1.90. The fourth-order valence-electron chi connectivity index (χ4n) is 1.25. The second kappa shape index (κ2) is 8.76. The molecule has 0 aromatic heterocycles. The third-order valence-corrected chi connectivity index (χ3v) is 1.78. The van der Waals surface area contributed by atoms with Gasteiger partial charge >= 0.3 is 69.6 Å². The van der Waals surface area contributed by atoms with Crippen molar-refractivity contribution in [3.8, 4) is 0 Å². The van der Waals surface area contributed by atoms with E-state index in [-0.39, 0.29) is 52.8 Å². The zero-order valence-electron chi connectivity index (χ0n) is 9.66. The summed E-state index contributed by atoms with van der Waals surface area (Å²) >= 11 is 0. The molecule has 1 amide bonds. The van der Waals surface area contributed by atoms with Gasteiger partial charge in [-0.25, -0.2) is 14.4 Å². The fourth-order valence-corrected chi connectivity index (χ4v) is 1.25. The Bertz CT molecular complexity index is 251. The Morgan fingerprint density at radius 1 is 1.12 bits per heavy atom. The van der Waals surface area contributed by atoms with Gasteiger partial charge in [-0.1, -0.05) is 0 Å². The second-order valence-electron chi connectivity index (χ2n) is 2.75. The van der Waals surface area contributed by atoms with Gasteiger partial charge in [-0.05, 0) is 12.8 Å². The van der Waals surface area contributed by atoms with Gasteiger partial charge < -0.3 is 21.9 Å². The van der Waals surface area contributed by atoms with Crippen LogP contribution in [-0.2, 0) is 4.79 Å². The molecule has 1 heterocycles. The van der Waals surface area contributed by atoms with E-state index in [4.69, 9.17) is 25.2 Å². The third kappa shape index (κ3) is 7.01. The SMILES string of the molecule is O=C(O)C1CCCN1C(=O)O.O=C(O)O.[H-].[K+]. The van der Waals surface area contributed by atoms with E-state index >= 15 is 0 Å². The Hall–Kier alpha value is -0.354. The molecule has 0 saturated carbocycles. The van der Waals surface area contributed by atoms with Crippen molar-refractivity contribution in [3.63, 3.8) is 0 Å². The summed E-state index contributed by atoms with van der Waals surface area (Å²) in [4.78, 5) is 30.3. The summed E-state index contributed by atoms with van der Waals surface area (Å²) in [5.41, 5.74) is 0. The Balaban J connectivity index is -0.000000289. The Kier molecular flexibility index (Phi) is 9.87. The quantitative estimate of drug-likeness (QED) is 0.385. The summed E-state index contributed by atoms with van der Waals surface area (Å²) in [6, 6.07) is -0.826. The van der Waals surface area contributed by atoms with Crippen molar-refractivity contribution in [2.75, 3.05) is 6.54 Å². The molecule has 0 radical (unpaired) electrons. The van der Waals surface area contributed by atoms with E-state index in [1.165, 1.54) is 0 Å². The molecule has 0 aliphatic carbocycles. The monoisotopic (exact) mass is 261 g/mol. The van der Waals surface area contributed by atoms with Crippen molar-refractivity contribution >= 4 is 18.2 Å². The molecule has 0 aromatic rings. The minimum Gasteiger partial charge on any atom is -1.00 e. The number of nitrogens with zero attached hydrogens (tertiary/aromatic N) is 1. The predicted molar refractivity (Wildman–Crippen MR) is 47.2 cm³/mol. The Morgan fingerprint density at radius 2 is 1.56 bits per heavy atom. The molecule has 8 nitrogen and oxygen atoms in total. The number of amides is 1. The maximum atomic E-state index is 10.4. The molecule has 1 atom stereocenters. The molecule has 1 fully saturated rings. The standard InChI is InChI=1S/C6H9NO4.CH2O3.K.H/c8-5(9)4-2-1-3-7(4)6(10)11;2-1(3)4;;/h4H,1-3H2,(H,8,9)(H,10,11);(H2,2,3,4);;/q;;+1;-1. The average Bonchev–Trinajstić information content (AvgIpc) is 2.49. The minimum atomic E-state index is -1.83. The molecule has 4 N–H and O–H groups in total. The summed E-state index contributed by atoms with van der Waals surface area (Å²) in [6.45, 7) is 0.340. The molecule has 88 valence electrons. The molecule has 0 bridgehead atoms. The number of aliphatic carboxylic acids is 1. The van der Waals surface area contributed by atoms with E-state index in [0.29, 0.717) is 19.4 Å². The first-order chi connectivity index (χ1) is 6.86. The number of carboxylic acids is 1. The molecule has 1 unspecified atom stereocenters. The van der Waals surface area contributed by atoms with Gasteiger partial charge in [0.1, 0.15) is 6.04 Å². The molecule has 0 spiro atoms. The van der Waals surface area contributed by atoms with Gasteiger partial charge in [0, 0.05) is 6.54 Å². The van der Waals surface area contributed by atoms with Crippen LogP contribution in [0.5, 0.6) is 0 Å². The molecule has 1 saturated heterocycles. The van der Waals surface area contributed by atoms with Crippen LogP contribution in [0.4, 0.5) is 9.59 Å². The van der Waals surface area contributed by atoms with Gasteiger partial charge in [-0.3, -0.25) is 4.90 Å². The maximum absolute atomic E-state index is 10.4. The number of carboxylic acid groups (broad SMARTS) is 4. The first kappa shape index (κ1) is 18.0. The van der Waals surface area contributed by atoms with Crippen LogP contribution in [0.2, 0.25) is 0 Å². The van der Waals surface area contributed by atoms with Crippen molar-refractivity contribution in [1.82, 2.24) is 4.90 Å². The molecule has 1 aliphatic rings. The predicted octanol–water partition coefficient (Wildman–Crippen LogP) is -2.45. The first-order valence-electron chi connectivity index (χ1n) is 4.00. The maximum Gasteiger partial charge on any atom is 1.00 e. The number of rotatable bonds is 1. The normalized spacial score (nSPS) is 17.8. The zero-order valence-corrected chi connectivity index (χ0v) is 11.8. The van der Waals surface area contributed by atoms with Gasteiger partial charge in [0.15, 0.2) is 0 Å². The minimum absolute atomic E-state index is 0. The van der Waals surface area contributed by atoms with Gasteiger partial charge in [-0.15, -0.1) is 0 Å². The summed E-state index contributed by atoms with van der Waals surface area (Å²) < 4.78 is 0. The van der Waals surface area contributed by atoms with Crippen LogP contribution in [0, 0.1) is 0 Å². The smallest absolute Gasteiger partial charge is 1.00 e. The second-order valence-corrected chi connectivity index (χ2v) is 2.75. The first-order valence-corrected chi connectivity index (χ1v) is 4.00. The van der Waals surface area contributed by atoms with Crippen LogP contribution in [0.1, 0.15) is 14.3 Å².